The Balaban J connectivity index is 2.48. The molecule has 1 aromatic rings. The van der Waals surface area contributed by atoms with Crippen molar-refractivity contribution in [2.24, 2.45) is 0 Å². The van der Waals surface area contributed by atoms with Gasteiger partial charge in [0.15, 0.2) is 0 Å². The highest BCUT2D eigenvalue weighted by atomic mass is 19.4. The number of halogens is 3. The van der Waals surface area contributed by atoms with Gasteiger partial charge >= 0.3 is 12.1 Å². The van der Waals surface area contributed by atoms with Crippen molar-refractivity contribution >= 4 is 12.0 Å². The van der Waals surface area contributed by atoms with E-state index in [9.17, 15) is 18.0 Å². The first-order valence-electron chi connectivity index (χ1n) is 5.75. The lowest BCUT2D eigenvalue weighted by Crippen LogP contribution is -2.40. The molecule has 0 saturated heterocycles. The Morgan fingerprint density at radius 1 is 1.45 bits per heavy atom. The first-order valence-corrected chi connectivity index (χ1v) is 5.75. The maximum atomic E-state index is 12.8. The van der Waals surface area contributed by atoms with Gasteiger partial charge in [-0.25, -0.2) is 4.79 Å². The van der Waals surface area contributed by atoms with E-state index in [2.05, 4.69) is 6.58 Å². The number of aliphatic carboxylic acids is 1. The van der Waals surface area contributed by atoms with E-state index in [0.29, 0.717) is 12.0 Å². The van der Waals surface area contributed by atoms with Gasteiger partial charge in [-0.1, -0.05) is 12.1 Å². The van der Waals surface area contributed by atoms with Crippen LogP contribution in [0.25, 0.3) is 6.08 Å². The first kappa shape index (κ1) is 14.2. The molecule has 0 aliphatic carbocycles. The zero-order valence-electron chi connectivity index (χ0n) is 10.3. The molecule has 20 heavy (non-hydrogen) atoms. The van der Waals surface area contributed by atoms with Crippen molar-refractivity contribution < 1.29 is 27.8 Å². The maximum Gasteiger partial charge on any atom is 0.430 e. The van der Waals surface area contributed by atoms with Crippen molar-refractivity contribution in [3.05, 3.63) is 47.6 Å². The maximum absolute atomic E-state index is 12.8. The first-order chi connectivity index (χ1) is 9.32. The quantitative estimate of drug-likeness (QED) is 0.867. The third kappa shape index (κ3) is 2.68. The SMILES string of the molecule is C=CCc1ccc2c(c1)C=C(C(=O)O)C(C(F)(F)F)O2. The highest BCUT2D eigenvalue weighted by molar-refractivity contribution is 5.95. The fourth-order valence-electron chi connectivity index (χ4n) is 1.96. The molecule has 0 fully saturated rings. The van der Waals surface area contributed by atoms with Gasteiger partial charge in [-0.15, -0.1) is 6.58 Å². The predicted molar refractivity (Wildman–Crippen MR) is 66.4 cm³/mol. The van der Waals surface area contributed by atoms with E-state index in [0.717, 1.165) is 11.6 Å². The molecule has 1 aliphatic rings. The van der Waals surface area contributed by atoms with Gasteiger partial charge in [0.25, 0.3) is 0 Å². The van der Waals surface area contributed by atoms with Gasteiger partial charge < -0.3 is 9.84 Å². The minimum absolute atomic E-state index is 0.0186. The fraction of sp³-hybridized carbons (Fsp3) is 0.214. The zero-order valence-corrected chi connectivity index (χ0v) is 10.3. The van der Waals surface area contributed by atoms with E-state index >= 15 is 0 Å². The summed E-state index contributed by atoms with van der Waals surface area (Å²) in [6.45, 7) is 3.57. The summed E-state index contributed by atoms with van der Waals surface area (Å²) in [6, 6.07) is 4.61. The lowest BCUT2D eigenvalue weighted by atomic mass is 9.99. The third-order valence-corrected chi connectivity index (χ3v) is 2.84. The van der Waals surface area contributed by atoms with E-state index in [4.69, 9.17) is 9.84 Å². The smallest absolute Gasteiger partial charge is 0.430 e. The largest absolute Gasteiger partial charge is 0.478 e. The summed E-state index contributed by atoms with van der Waals surface area (Å²) >= 11 is 0. The Morgan fingerprint density at radius 2 is 2.15 bits per heavy atom. The molecule has 1 N–H and O–H groups in total. The highest BCUT2D eigenvalue weighted by Crippen LogP contribution is 2.37. The topological polar surface area (TPSA) is 46.5 Å². The van der Waals surface area contributed by atoms with Crippen LogP contribution in [0.15, 0.2) is 36.4 Å². The molecule has 0 radical (unpaired) electrons. The van der Waals surface area contributed by atoms with Crippen LogP contribution in [0.1, 0.15) is 11.1 Å². The molecule has 1 atom stereocenters. The van der Waals surface area contributed by atoms with Gasteiger partial charge in [-0.05, 0) is 30.2 Å². The summed E-state index contributed by atoms with van der Waals surface area (Å²) in [4.78, 5) is 11.0. The molecule has 3 nitrogen and oxygen atoms in total. The second kappa shape index (κ2) is 5.03. The molecular formula is C14H11F3O3. The standard InChI is InChI=1S/C14H11F3O3/c1-2-3-8-4-5-11-9(6-8)7-10(13(18)19)12(20-11)14(15,16)17/h2,4-7,12H,1,3H2,(H,18,19). The Labute approximate surface area is 113 Å². The number of carboxylic acid groups (broad SMARTS) is 1. The van der Waals surface area contributed by atoms with Gasteiger partial charge in [0.05, 0.1) is 5.57 Å². The number of rotatable bonds is 3. The van der Waals surface area contributed by atoms with Gasteiger partial charge in [-0.2, -0.15) is 13.2 Å². The number of fused-ring (bicyclic) bond motifs is 1. The lowest BCUT2D eigenvalue weighted by molar-refractivity contribution is -0.187. The third-order valence-electron chi connectivity index (χ3n) is 2.84. The minimum Gasteiger partial charge on any atom is -0.478 e. The van der Waals surface area contributed by atoms with Gasteiger partial charge in [0.1, 0.15) is 5.75 Å². The molecule has 106 valence electrons. The van der Waals surface area contributed by atoms with Crippen LogP contribution in [0.3, 0.4) is 0 Å². The average molecular weight is 284 g/mol. The van der Waals surface area contributed by atoms with Crippen molar-refractivity contribution in [1.82, 2.24) is 0 Å². The number of allylic oxidation sites excluding steroid dienone is 1. The number of alkyl halides is 3. The summed E-state index contributed by atoms with van der Waals surface area (Å²) in [6.07, 6.45) is -4.04. The summed E-state index contributed by atoms with van der Waals surface area (Å²) in [5.41, 5.74) is 0.316. The second-order valence-electron chi connectivity index (χ2n) is 4.31. The molecule has 1 heterocycles. The van der Waals surface area contributed by atoms with E-state index in [-0.39, 0.29) is 5.75 Å². The summed E-state index contributed by atoms with van der Waals surface area (Å²) in [5, 5.41) is 8.91. The number of hydrogen-bond donors (Lipinski definition) is 1. The van der Waals surface area contributed by atoms with E-state index in [1.807, 2.05) is 0 Å². The molecule has 1 aliphatic heterocycles. The van der Waals surface area contributed by atoms with Crippen molar-refractivity contribution in [1.29, 1.82) is 0 Å². The highest BCUT2D eigenvalue weighted by Gasteiger charge is 2.48. The number of hydrogen-bond acceptors (Lipinski definition) is 2. The summed E-state index contributed by atoms with van der Waals surface area (Å²) in [5.74, 6) is -1.63. The molecule has 0 amide bonds. The molecule has 1 unspecified atom stereocenters. The normalized spacial score (nSPS) is 17.8. The van der Waals surface area contributed by atoms with Crippen molar-refractivity contribution in [2.75, 3.05) is 0 Å². The van der Waals surface area contributed by atoms with E-state index in [1.54, 1.807) is 18.2 Å². The molecule has 0 spiro atoms. The van der Waals surface area contributed by atoms with Gasteiger partial charge in [0.2, 0.25) is 6.10 Å². The van der Waals surface area contributed by atoms with Crippen molar-refractivity contribution in [3.8, 4) is 5.75 Å². The lowest BCUT2D eigenvalue weighted by Gasteiger charge is -2.27. The van der Waals surface area contributed by atoms with Crippen LogP contribution in [0, 0.1) is 0 Å². The van der Waals surface area contributed by atoms with Crippen LogP contribution in [-0.4, -0.2) is 23.4 Å². The number of carbonyl (C=O) groups is 1. The van der Waals surface area contributed by atoms with E-state index < -0.39 is 23.8 Å². The molecule has 0 saturated carbocycles. The summed E-state index contributed by atoms with van der Waals surface area (Å²) < 4.78 is 43.2. The second-order valence-corrected chi connectivity index (χ2v) is 4.31. The van der Waals surface area contributed by atoms with Crippen LogP contribution in [0.2, 0.25) is 0 Å². The zero-order chi connectivity index (χ0) is 14.9. The van der Waals surface area contributed by atoms with Crippen LogP contribution in [-0.2, 0) is 11.2 Å². The Hall–Kier alpha value is -2.24. The Bertz CT molecular complexity index is 588. The molecule has 0 bridgehead atoms. The van der Waals surface area contributed by atoms with E-state index in [1.165, 1.54) is 6.07 Å². The fourth-order valence-corrected chi connectivity index (χ4v) is 1.96. The van der Waals surface area contributed by atoms with Gasteiger partial charge in [0, 0.05) is 5.56 Å². The van der Waals surface area contributed by atoms with Crippen LogP contribution < -0.4 is 4.74 Å². The molecule has 1 aromatic carbocycles. The number of carboxylic acids is 1. The van der Waals surface area contributed by atoms with Crippen LogP contribution >= 0.6 is 0 Å². The van der Waals surface area contributed by atoms with Crippen LogP contribution in [0.4, 0.5) is 13.2 Å². The van der Waals surface area contributed by atoms with Crippen LogP contribution in [0.5, 0.6) is 5.75 Å². The Kier molecular flexibility index (Phi) is 3.57. The predicted octanol–water partition coefficient (Wildman–Crippen LogP) is 3.21. The van der Waals surface area contributed by atoms with Crippen molar-refractivity contribution in [2.45, 2.75) is 18.7 Å². The van der Waals surface area contributed by atoms with Gasteiger partial charge in [-0.3, -0.25) is 0 Å². The summed E-state index contributed by atoms with van der Waals surface area (Å²) in [7, 11) is 0. The Morgan fingerprint density at radius 3 is 2.70 bits per heavy atom. The number of benzene rings is 1. The minimum atomic E-state index is -4.78. The molecule has 2 rings (SSSR count). The molecule has 0 aromatic heterocycles. The molecule has 6 heteroatoms. The number of ether oxygens (including phenoxy) is 1. The average Bonchev–Trinajstić information content (AvgIpc) is 2.36. The molecular weight excluding hydrogens is 273 g/mol. The monoisotopic (exact) mass is 284 g/mol. The van der Waals surface area contributed by atoms with Crippen molar-refractivity contribution in [3.63, 3.8) is 0 Å².